The van der Waals surface area contributed by atoms with E-state index in [1.165, 1.54) is 17.5 Å². The lowest BCUT2D eigenvalue weighted by Gasteiger charge is -2.38. The quantitative estimate of drug-likeness (QED) is 0.838. The number of likely N-dealkylation sites (tertiary alicyclic amines) is 1. The average Bonchev–Trinajstić information content (AvgIpc) is 2.59. The maximum Gasteiger partial charge on any atom is 0.226 e. The molecule has 0 unspecified atom stereocenters. The first-order chi connectivity index (χ1) is 11.7. The van der Waals surface area contributed by atoms with Crippen molar-refractivity contribution < 1.29 is 9.59 Å². The summed E-state index contributed by atoms with van der Waals surface area (Å²) in [5.74, 6) is 0.996. The van der Waals surface area contributed by atoms with Gasteiger partial charge in [0.2, 0.25) is 11.8 Å². The van der Waals surface area contributed by atoms with E-state index in [9.17, 15) is 9.59 Å². The van der Waals surface area contributed by atoms with E-state index in [0.717, 1.165) is 58.3 Å². The van der Waals surface area contributed by atoms with Crippen molar-refractivity contribution in [3.05, 3.63) is 35.4 Å². The molecule has 0 spiro atoms. The summed E-state index contributed by atoms with van der Waals surface area (Å²) in [5.41, 5.74) is 2.66. The molecule has 2 fully saturated rings. The van der Waals surface area contributed by atoms with Crippen LogP contribution >= 0.6 is 0 Å². The monoisotopic (exact) mass is 326 g/mol. The fraction of sp³-hybridized carbons (Fsp3) is 0.600. The second kappa shape index (κ2) is 6.58. The van der Waals surface area contributed by atoms with E-state index in [1.54, 1.807) is 0 Å². The number of piperidine rings is 1. The van der Waals surface area contributed by atoms with E-state index in [-0.39, 0.29) is 11.8 Å². The highest BCUT2D eigenvalue weighted by atomic mass is 16.2. The Morgan fingerprint density at radius 2 is 1.42 bits per heavy atom. The van der Waals surface area contributed by atoms with Crippen LogP contribution in [0.2, 0.25) is 0 Å². The standard InChI is InChI=1S/C20H26N2O2/c23-19(16-6-3-7-16)21-11-9-17(10-12-21)20(24)22-13-8-15-4-1-2-5-18(15)14-22/h1-2,4-5,16-17H,3,6-14H2. The zero-order valence-electron chi connectivity index (χ0n) is 14.2. The number of hydrogen-bond acceptors (Lipinski definition) is 2. The van der Waals surface area contributed by atoms with Gasteiger partial charge in [-0.15, -0.1) is 0 Å². The zero-order valence-corrected chi connectivity index (χ0v) is 14.2. The van der Waals surface area contributed by atoms with Crippen molar-refractivity contribution in [2.24, 2.45) is 11.8 Å². The average molecular weight is 326 g/mol. The molecule has 0 atom stereocenters. The summed E-state index contributed by atoms with van der Waals surface area (Å²) in [5, 5.41) is 0. The predicted molar refractivity (Wildman–Crippen MR) is 92.2 cm³/mol. The molecule has 1 aromatic carbocycles. The normalized spacial score (nSPS) is 22.0. The van der Waals surface area contributed by atoms with E-state index in [1.807, 2.05) is 9.80 Å². The summed E-state index contributed by atoms with van der Waals surface area (Å²) in [7, 11) is 0. The maximum atomic E-state index is 12.9. The van der Waals surface area contributed by atoms with Gasteiger partial charge in [-0.25, -0.2) is 0 Å². The van der Waals surface area contributed by atoms with E-state index in [2.05, 4.69) is 24.3 Å². The molecule has 4 rings (SSSR count). The minimum Gasteiger partial charge on any atom is -0.342 e. The molecule has 3 aliphatic rings. The number of carbonyl (C=O) groups excluding carboxylic acids is 2. The minimum atomic E-state index is 0.0979. The number of rotatable bonds is 2. The van der Waals surface area contributed by atoms with Crippen LogP contribution in [0.1, 0.15) is 43.2 Å². The Morgan fingerprint density at radius 1 is 0.792 bits per heavy atom. The van der Waals surface area contributed by atoms with Crippen LogP contribution in [0, 0.1) is 11.8 Å². The lowest BCUT2D eigenvalue weighted by Crippen LogP contribution is -2.47. The Kier molecular flexibility index (Phi) is 4.30. The number of amides is 2. The number of nitrogens with zero attached hydrogens (tertiary/aromatic N) is 2. The fourth-order valence-electron chi connectivity index (χ4n) is 4.20. The van der Waals surface area contributed by atoms with Crippen LogP contribution in [-0.2, 0) is 22.6 Å². The van der Waals surface area contributed by atoms with E-state index >= 15 is 0 Å². The van der Waals surface area contributed by atoms with Gasteiger partial charge in [-0.3, -0.25) is 9.59 Å². The van der Waals surface area contributed by atoms with Crippen LogP contribution in [0.15, 0.2) is 24.3 Å². The topological polar surface area (TPSA) is 40.6 Å². The number of fused-ring (bicyclic) bond motifs is 1. The molecule has 4 heteroatoms. The molecule has 0 bridgehead atoms. The number of benzene rings is 1. The summed E-state index contributed by atoms with van der Waals surface area (Å²) >= 11 is 0. The molecule has 4 nitrogen and oxygen atoms in total. The van der Waals surface area contributed by atoms with Crippen molar-refractivity contribution >= 4 is 11.8 Å². The van der Waals surface area contributed by atoms with Gasteiger partial charge in [0.25, 0.3) is 0 Å². The van der Waals surface area contributed by atoms with E-state index in [0.29, 0.717) is 11.8 Å². The van der Waals surface area contributed by atoms with Crippen LogP contribution in [0.3, 0.4) is 0 Å². The maximum absolute atomic E-state index is 12.9. The minimum absolute atomic E-state index is 0.0979. The summed E-state index contributed by atoms with van der Waals surface area (Å²) in [4.78, 5) is 29.2. The molecule has 1 aromatic rings. The highest BCUT2D eigenvalue weighted by Crippen LogP contribution is 2.30. The van der Waals surface area contributed by atoms with Gasteiger partial charge in [-0.2, -0.15) is 0 Å². The summed E-state index contributed by atoms with van der Waals surface area (Å²) < 4.78 is 0. The van der Waals surface area contributed by atoms with Crippen LogP contribution < -0.4 is 0 Å². The molecule has 2 amide bonds. The second-order valence-corrected chi connectivity index (χ2v) is 7.51. The van der Waals surface area contributed by atoms with Gasteiger partial charge in [0, 0.05) is 38.0 Å². The molecule has 0 radical (unpaired) electrons. The van der Waals surface area contributed by atoms with Crippen molar-refractivity contribution in [1.29, 1.82) is 0 Å². The number of hydrogen-bond donors (Lipinski definition) is 0. The first-order valence-corrected chi connectivity index (χ1v) is 9.37. The van der Waals surface area contributed by atoms with Crippen molar-refractivity contribution in [2.75, 3.05) is 19.6 Å². The molecule has 2 heterocycles. The Morgan fingerprint density at radius 3 is 2.08 bits per heavy atom. The van der Waals surface area contributed by atoms with E-state index in [4.69, 9.17) is 0 Å². The fourth-order valence-corrected chi connectivity index (χ4v) is 4.20. The Labute approximate surface area is 143 Å². The van der Waals surface area contributed by atoms with Crippen LogP contribution in [0.25, 0.3) is 0 Å². The van der Waals surface area contributed by atoms with Gasteiger partial charge in [0.1, 0.15) is 0 Å². The molecule has 24 heavy (non-hydrogen) atoms. The highest BCUT2D eigenvalue weighted by molar-refractivity contribution is 5.81. The molecule has 1 saturated heterocycles. The van der Waals surface area contributed by atoms with Crippen LogP contribution in [0.5, 0.6) is 0 Å². The molecular formula is C20H26N2O2. The smallest absolute Gasteiger partial charge is 0.226 e. The third kappa shape index (κ3) is 2.94. The lowest BCUT2D eigenvalue weighted by atomic mass is 9.83. The summed E-state index contributed by atoms with van der Waals surface area (Å²) in [6.45, 7) is 3.10. The van der Waals surface area contributed by atoms with Crippen molar-refractivity contribution in [1.82, 2.24) is 9.80 Å². The number of carbonyl (C=O) groups is 2. The van der Waals surface area contributed by atoms with Gasteiger partial charge in [0.15, 0.2) is 0 Å². The van der Waals surface area contributed by atoms with Gasteiger partial charge in [0.05, 0.1) is 0 Å². The highest BCUT2D eigenvalue weighted by Gasteiger charge is 2.34. The first kappa shape index (κ1) is 15.7. The van der Waals surface area contributed by atoms with Crippen molar-refractivity contribution in [3.8, 4) is 0 Å². The molecule has 2 aliphatic heterocycles. The molecular weight excluding hydrogens is 300 g/mol. The molecule has 0 N–H and O–H groups in total. The molecule has 0 aromatic heterocycles. The third-order valence-electron chi connectivity index (χ3n) is 6.05. The van der Waals surface area contributed by atoms with Crippen LogP contribution in [-0.4, -0.2) is 41.2 Å². The molecule has 128 valence electrons. The first-order valence-electron chi connectivity index (χ1n) is 9.37. The molecule has 1 aliphatic carbocycles. The second-order valence-electron chi connectivity index (χ2n) is 7.51. The summed E-state index contributed by atoms with van der Waals surface area (Å²) in [6, 6.07) is 8.43. The van der Waals surface area contributed by atoms with Crippen molar-refractivity contribution in [3.63, 3.8) is 0 Å². The van der Waals surface area contributed by atoms with Crippen LogP contribution in [0.4, 0.5) is 0 Å². The SMILES string of the molecule is O=C(C1CCC1)N1CCC(C(=O)N2CCc3ccccc3C2)CC1. The largest absolute Gasteiger partial charge is 0.342 e. The van der Waals surface area contributed by atoms with Crippen molar-refractivity contribution in [2.45, 2.75) is 45.1 Å². The third-order valence-corrected chi connectivity index (χ3v) is 6.05. The van der Waals surface area contributed by atoms with Gasteiger partial charge in [-0.05, 0) is 43.2 Å². The Balaban J connectivity index is 1.33. The lowest BCUT2D eigenvalue weighted by molar-refractivity contribution is -0.144. The van der Waals surface area contributed by atoms with Gasteiger partial charge in [-0.1, -0.05) is 30.7 Å². The van der Waals surface area contributed by atoms with E-state index < -0.39 is 0 Å². The zero-order chi connectivity index (χ0) is 16.5. The predicted octanol–water partition coefficient (Wildman–Crippen LogP) is 2.61. The Hall–Kier alpha value is -1.84. The summed E-state index contributed by atoms with van der Waals surface area (Å²) in [6.07, 6.45) is 5.93. The van der Waals surface area contributed by atoms with Gasteiger partial charge < -0.3 is 9.80 Å². The molecule has 1 saturated carbocycles. The van der Waals surface area contributed by atoms with Gasteiger partial charge >= 0.3 is 0 Å². The Bertz CT molecular complexity index is 630.